The maximum atomic E-state index is 12.4. The van der Waals surface area contributed by atoms with Crippen LogP contribution in [-0.4, -0.2) is 36.9 Å². The Morgan fingerprint density at radius 3 is 2.10 bits per heavy atom. The number of aliphatic carboxylic acids is 1. The third-order valence-corrected chi connectivity index (χ3v) is 5.34. The van der Waals surface area contributed by atoms with Gasteiger partial charge in [0, 0.05) is 13.1 Å². The first-order valence-electron chi connectivity index (χ1n) is 6.61. The van der Waals surface area contributed by atoms with E-state index in [1.807, 2.05) is 13.8 Å². The van der Waals surface area contributed by atoms with E-state index < -0.39 is 16.0 Å². The summed E-state index contributed by atoms with van der Waals surface area (Å²) in [4.78, 5) is 10.8. The van der Waals surface area contributed by atoms with E-state index >= 15 is 0 Å². The van der Waals surface area contributed by atoms with E-state index in [0.717, 1.165) is 12.8 Å². The van der Waals surface area contributed by atoms with Gasteiger partial charge in [0.25, 0.3) is 0 Å². The van der Waals surface area contributed by atoms with E-state index in [4.69, 9.17) is 5.11 Å². The molecule has 0 aliphatic carbocycles. The summed E-state index contributed by atoms with van der Waals surface area (Å²) in [7, 11) is -1.94. The number of rotatable bonds is 7. The standard InChI is InChI=1S/C14H21NO4S/c1-4-12(5-2)15(3)20(18,19)13-8-6-11(7-9-13)10-14(16)17/h6-9,12H,4-5,10H2,1-3H3,(H,16,17). The molecule has 0 radical (unpaired) electrons. The molecule has 6 heteroatoms. The Kier molecular flexibility index (Phi) is 5.71. The highest BCUT2D eigenvalue weighted by atomic mass is 32.2. The van der Waals surface area contributed by atoms with E-state index in [1.165, 1.54) is 16.4 Å². The van der Waals surface area contributed by atoms with E-state index in [2.05, 4.69) is 0 Å². The molecule has 0 aromatic heterocycles. The first-order chi connectivity index (χ1) is 9.32. The number of benzene rings is 1. The Morgan fingerprint density at radius 1 is 1.20 bits per heavy atom. The van der Waals surface area contributed by atoms with Crippen molar-refractivity contribution in [1.82, 2.24) is 4.31 Å². The van der Waals surface area contributed by atoms with E-state index in [1.54, 1.807) is 19.2 Å². The lowest BCUT2D eigenvalue weighted by molar-refractivity contribution is -0.136. The molecule has 0 unspecified atom stereocenters. The molecule has 0 spiro atoms. The fraction of sp³-hybridized carbons (Fsp3) is 0.500. The lowest BCUT2D eigenvalue weighted by Crippen LogP contribution is -2.36. The quantitative estimate of drug-likeness (QED) is 0.837. The predicted octanol–water partition coefficient (Wildman–Crippen LogP) is 2.12. The van der Waals surface area contributed by atoms with Crippen LogP contribution in [0, 0.1) is 0 Å². The van der Waals surface area contributed by atoms with Crippen LogP contribution in [0.25, 0.3) is 0 Å². The summed E-state index contributed by atoms with van der Waals surface area (Å²) in [5, 5.41) is 8.69. The zero-order chi connectivity index (χ0) is 15.3. The third-order valence-electron chi connectivity index (χ3n) is 3.41. The Morgan fingerprint density at radius 2 is 1.70 bits per heavy atom. The average molecular weight is 299 g/mol. The molecule has 1 aromatic rings. The average Bonchev–Trinajstić information content (AvgIpc) is 2.40. The van der Waals surface area contributed by atoms with Gasteiger partial charge in [-0.1, -0.05) is 26.0 Å². The molecule has 0 amide bonds. The van der Waals surface area contributed by atoms with Gasteiger partial charge in [-0.2, -0.15) is 4.31 Å². The summed E-state index contributed by atoms with van der Waals surface area (Å²) in [5.74, 6) is -0.935. The highest BCUT2D eigenvalue weighted by Crippen LogP contribution is 2.20. The van der Waals surface area contributed by atoms with Gasteiger partial charge >= 0.3 is 5.97 Å². The fourth-order valence-electron chi connectivity index (χ4n) is 2.12. The Balaban J connectivity index is 3.01. The number of nitrogens with zero attached hydrogens (tertiary/aromatic N) is 1. The summed E-state index contributed by atoms with van der Waals surface area (Å²) in [6.45, 7) is 3.91. The van der Waals surface area contributed by atoms with Crippen LogP contribution >= 0.6 is 0 Å². The molecular weight excluding hydrogens is 278 g/mol. The molecule has 1 N–H and O–H groups in total. The molecule has 0 aliphatic heterocycles. The van der Waals surface area contributed by atoms with Crippen molar-refractivity contribution in [3.05, 3.63) is 29.8 Å². The summed E-state index contributed by atoms with van der Waals surface area (Å²) in [5.41, 5.74) is 0.585. The van der Waals surface area contributed by atoms with Crippen molar-refractivity contribution in [2.24, 2.45) is 0 Å². The lowest BCUT2D eigenvalue weighted by atomic mass is 10.2. The summed E-state index contributed by atoms with van der Waals surface area (Å²) in [6.07, 6.45) is 1.40. The number of carboxylic acids is 1. The predicted molar refractivity (Wildman–Crippen MR) is 77.1 cm³/mol. The van der Waals surface area contributed by atoms with Crippen LogP contribution in [0.2, 0.25) is 0 Å². The van der Waals surface area contributed by atoms with Gasteiger partial charge in [0.05, 0.1) is 11.3 Å². The zero-order valence-corrected chi connectivity index (χ0v) is 12.9. The Hall–Kier alpha value is -1.40. The normalized spacial score (nSPS) is 12.1. The van der Waals surface area contributed by atoms with Gasteiger partial charge < -0.3 is 5.11 Å². The Labute approximate surface area is 120 Å². The minimum absolute atomic E-state index is 0.0290. The molecule has 112 valence electrons. The van der Waals surface area contributed by atoms with Gasteiger partial charge in [0.2, 0.25) is 10.0 Å². The monoisotopic (exact) mass is 299 g/mol. The van der Waals surface area contributed by atoms with Crippen LogP contribution in [0.15, 0.2) is 29.2 Å². The van der Waals surface area contributed by atoms with Gasteiger partial charge in [0.15, 0.2) is 0 Å². The van der Waals surface area contributed by atoms with Gasteiger partial charge in [-0.3, -0.25) is 4.79 Å². The second kappa shape index (κ2) is 6.85. The lowest BCUT2D eigenvalue weighted by Gasteiger charge is -2.25. The van der Waals surface area contributed by atoms with Crippen LogP contribution in [-0.2, 0) is 21.2 Å². The molecular formula is C14H21NO4S. The van der Waals surface area contributed by atoms with E-state index in [9.17, 15) is 13.2 Å². The Bertz CT molecular complexity index is 547. The molecule has 0 saturated heterocycles. The first kappa shape index (κ1) is 16.7. The number of sulfonamides is 1. The van der Waals surface area contributed by atoms with Crippen molar-refractivity contribution in [2.75, 3.05) is 7.05 Å². The van der Waals surface area contributed by atoms with Crippen molar-refractivity contribution in [3.63, 3.8) is 0 Å². The van der Waals surface area contributed by atoms with Gasteiger partial charge in [-0.15, -0.1) is 0 Å². The fourth-order valence-corrected chi connectivity index (χ4v) is 3.62. The number of carbonyl (C=O) groups is 1. The van der Waals surface area contributed by atoms with Crippen LogP contribution in [0.4, 0.5) is 0 Å². The molecule has 0 heterocycles. The van der Waals surface area contributed by atoms with E-state index in [0.29, 0.717) is 5.56 Å². The second-order valence-electron chi connectivity index (χ2n) is 4.71. The van der Waals surface area contributed by atoms with Crippen LogP contribution in [0.3, 0.4) is 0 Å². The SMILES string of the molecule is CCC(CC)N(C)S(=O)(=O)c1ccc(CC(=O)O)cc1. The van der Waals surface area contributed by atoms with Crippen molar-refractivity contribution < 1.29 is 18.3 Å². The summed E-state index contributed by atoms with van der Waals surface area (Å²) < 4.78 is 26.3. The molecule has 0 atom stereocenters. The van der Waals surface area contributed by atoms with E-state index in [-0.39, 0.29) is 17.4 Å². The molecule has 0 fully saturated rings. The summed E-state index contributed by atoms with van der Waals surface area (Å²) in [6, 6.07) is 5.99. The van der Waals surface area contributed by atoms with Crippen LogP contribution < -0.4 is 0 Å². The number of hydrogen-bond donors (Lipinski definition) is 1. The highest BCUT2D eigenvalue weighted by Gasteiger charge is 2.25. The van der Waals surface area contributed by atoms with Crippen molar-refractivity contribution in [2.45, 2.75) is 44.0 Å². The highest BCUT2D eigenvalue weighted by molar-refractivity contribution is 7.89. The van der Waals surface area contributed by atoms with Gasteiger partial charge in [0.1, 0.15) is 0 Å². The maximum absolute atomic E-state index is 12.4. The minimum Gasteiger partial charge on any atom is -0.481 e. The topological polar surface area (TPSA) is 74.7 Å². The second-order valence-corrected chi connectivity index (χ2v) is 6.70. The molecule has 1 aromatic carbocycles. The zero-order valence-electron chi connectivity index (χ0n) is 12.0. The smallest absolute Gasteiger partial charge is 0.307 e. The van der Waals surface area contributed by atoms with Crippen molar-refractivity contribution in [1.29, 1.82) is 0 Å². The van der Waals surface area contributed by atoms with Crippen molar-refractivity contribution >= 4 is 16.0 Å². The van der Waals surface area contributed by atoms with Gasteiger partial charge in [-0.05, 0) is 30.5 Å². The van der Waals surface area contributed by atoms with Crippen LogP contribution in [0.1, 0.15) is 32.3 Å². The first-order valence-corrected chi connectivity index (χ1v) is 8.05. The third kappa shape index (κ3) is 3.80. The van der Waals surface area contributed by atoms with Crippen molar-refractivity contribution in [3.8, 4) is 0 Å². The number of carboxylic acid groups (broad SMARTS) is 1. The molecule has 20 heavy (non-hydrogen) atoms. The molecule has 0 saturated carbocycles. The molecule has 0 aliphatic rings. The van der Waals surface area contributed by atoms with Gasteiger partial charge in [-0.25, -0.2) is 8.42 Å². The molecule has 0 bridgehead atoms. The van der Waals surface area contributed by atoms with Crippen LogP contribution in [0.5, 0.6) is 0 Å². The molecule has 1 rings (SSSR count). The minimum atomic E-state index is -3.52. The number of hydrogen-bond acceptors (Lipinski definition) is 3. The largest absolute Gasteiger partial charge is 0.481 e. The summed E-state index contributed by atoms with van der Waals surface area (Å²) >= 11 is 0. The molecule has 5 nitrogen and oxygen atoms in total. The maximum Gasteiger partial charge on any atom is 0.307 e.